The summed E-state index contributed by atoms with van der Waals surface area (Å²) < 4.78 is 5.41. The van der Waals surface area contributed by atoms with Gasteiger partial charge in [-0.15, -0.1) is 11.3 Å². The summed E-state index contributed by atoms with van der Waals surface area (Å²) in [4.78, 5) is 10.4. The highest BCUT2D eigenvalue weighted by atomic mass is 32.1. The van der Waals surface area contributed by atoms with E-state index in [0.29, 0.717) is 11.7 Å². The maximum atomic E-state index is 5.41. The Kier molecular flexibility index (Phi) is 5.54. The third kappa shape index (κ3) is 4.46. The zero-order valence-corrected chi connectivity index (χ0v) is 15.4. The lowest BCUT2D eigenvalue weighted by Crippen LogP contribution is -2.45. The van der Waals surface area contributed by atoms with E-state index >= 15 is 0 Å². The highest BCUT2D eigenvalue weighted by Crippen LogP contribution is 2.21. The van der Waals surface area contributed by atoms with Gasteiger partial charge in [-0.3, -0.25) is 9.80 Å². The zero-order chi connectivity index (χ0) is 17.6. The van der Waals surface area contributed by atoms with Crippen molar-refractivity contribution in [2.45, 2.75) is 6.54 Å². The van der Waals surface area contributed by atoms with Crippen LogP contribution in [0.25, 0.3) is 16.8 Å². The standard InChI is InChI=1S/C20H22N4OS/c1-2-6-17(7-3-1)8-4-10-23-11-13-24(14-12-23)16-19-21-20(22-25-19)18-9-5-15-26-18/h1-9,15H,10-14,16H2. The summed E-state index contributed by atoms with van der Waals surface area (Å²) in [6.07, 6.45) is 4.44. The van der Waals surface area contributed by atoms with Crippen LogP contribution in [0.5, 0.6) is 0 Å². The van der Waals surface area contributed by atoms with Gasteiger partial charge in [0.05, 0.1) is 11.4 Å². The third-order valence-corrected chi connectivity index (χ3v) is 5.37. The van der Waals surface area contributed by atoms with Gasteiger partial charge >= 0.3 is 0 Å². The maximum Gasteiger partial charge on any atom is 0.241 e. The lowest BCUT2D eigenvalue weighted by Gasteiger charge is -2.33. The Hall–Kier alpha value is -2.28. The molecule has 0 atom stereocenters. The Morgan fingerprint density at radius 3 is 2.58 bits per heavy atom. The van der Waals surface area contributed by atoms with E-state index in [1.165, 1.54) is 5.56 Å². The molecule has 0 aliphatic carbocycles. The van der Waals surface area contributed by atoms with E-state index in [1.54, 1.807) is 11.3 Å². The largest absolute Gasteiger partial charge is 0.338 e. The molecule has 0 saturated carbocycles. The van der Waals surface area contributed by atoms with Gasteiger partial charge in [0.1, 0.15) is 0 Å². The van der Waals surface area contributed by atoms with Gasteiger partial charge in [0, 0.05) is 32.7 Å². The van der Waals surface area contributed by atoms with Crippen LogP contribution in [0.1, 0.15) is 11.5 Å². The van der Waals surface area contributed by atoms with Crippen molar-refractivity contribution < 1.29 is 4.52 Å². The second-order valence-corrected chi connectivity index (χ2v) is 7.33. The normalized spacial score (nSPS) is 16.5. The molecule has 1 aromatic carbocycles. The molecule has 0 amide bonds. The first-order valence-corrected chi connectivity index (χ1v) is 9.77. The van der Waals surface area contributed by atoms with Crippen molar-refractivity contribution in [3.8, 4) is 10.7 Å². The Bertz CT molecular complexity index is 821. The molecule has 0 bridgehead atoms. The number of hydrogen-bond acceptors (Lipinski definition) is 6. The Morgan fingerprint density at radius 2 is 1.81 bits per heavy atom. The van der Waals surface area contributed by atoms with Gasteiger partial charge in [0.15, 0.2) is 0 Å². The first-order valence-electron chi connectivity index (χ1n) is 8.89. The molecule has 2 aromatic heterocycles. The highest BCUT2D eigenvalue weighted by molar-refractivity contribution is 7.13. The molecule has 1 saturated heterocycles. The Balaban J connectivity index is 1.23. The number of rotatable bonds is 6. The van der Waals surface area contributed by atoms with E-state index in [9.17, 15) is 0 Å². The number of piperazine rings is 1. The lowest BCUT2D eigenvalue weighted by molar-refractivity contribution is 0.125. The van der Waals surface area contributed by atoms with Crippen molar-refractivity contribution in [2.24, 2.45) is 0 Å². The summed E-state index contributed by atoms with van der Waals surface area (Å²) in [5.41, 5.74) is 1.25. The molecule has 0 spiro atoms. The van der Waals surface area contributed by atoms with Crippen molar-refractivity contribution >= 4 is 17.4 Å². The summed E-state index contributed by atoms with van der Waals surface area (Å²) >= 11 is 1.63. The molecule has 0 N–H and O–H groups in total. The summed E-state index contributed by atoms with van der Waals surface area (Å²) in [5, 5.41) is 6.11. The monoisotopic (exact) mass is 366 g/mol. The summed E-state index contributed by atoms with van der Waals surface area (Å²) in [6, 6.07) is 14.5. The number of aromatic nitrogens is 2. The van der Waals surface area contributed by atoms with Crippen LogP contribution in [0.3, 0.4) is 0 Å². The Labute approximate surface area is 157 Å². The van der Waals surface area contributed by atoms with E-state index in [4.69, 9.17) is 4.52 Å². The van der Waals surface area contributed by atoms with Crippen molar-refractivity contribution in [3.05, 3.63) is 65.4 Å². The lowest BCUT2D eigenvalue weighted by atomic mass is 10.2. The molecule has 3 aromatic rings. The highest BCUT2D eigenvalue weighted by Gasteiger charge is 2.19. The molecular formula is C20H22N4OS. The topological polar surface area (TPSA) is 45.4 Å². The molecule has 134 valence electrons. The fourth-order valence-corrected chi connectivity index (χ4v) is 3.70. The molecular weight excluding hydrogens is 344 g/mol. The molecule has 4 rings (SSSR count). The maximum absolute atomic E-state index is 5.41. The molecule has 0 radical (unpaired) electrons. The van der Waals surface area contributed by atoms with Crippen LogP contribution in [0, 0.1) is 0 Å². The van der Waals surface area contributed by atoms with Crippen LogP contribution in [-0.4, -0.2) is 52.7 Å². The zero-order valence-electron chi connectivity index (χ0n) is 14.6. The van der Waals surface area contributed by atoms with Gasteiger partial charge in [-0.2, -0.15) is 4.98 Å². The summed E-state index contributed by atoms with van der Waals surface area (Å²) in [5.74, 6) is 1.39. The van der Waals surface area contributed by atoms with Crippen molar-refractivity contribution in [3.63, 3.8) is 0 Å². The summed E-state index contributed by atoms with van der Waals surface area (Å²) in [7, 11) is 0. The van der Waals surface area contributed by atoms with Gasteiger partial charge in [-0.05, 0) is 17.0 Å². The van der Waals surface area contributed by atoms with E-state index < -0.39 is 0 Å². The molecule has 26 heavy (non-hydrogen) atoms. The van der Waals surface area contributed by atoms with Gasteiger partial charge < -0.3 is 4.52 Å². The number of thiophene rings is 1. The fourth-order valence-electron chi connectivity index (χ4n) is 3.05. The summed E-state index contributed by atoms with van der Waals surface area (Å²) in [6.45, 7) is 5.89. The quantitative estimate of drug-likeness (QED) is 0.667. The average molecular weight is 366 g/mol. The average Bonchev–Trinajstić information content (AvgIpc) is 3.36. The van der Waals surface area contributed by atoms with Gasteiger partial charge in [-0.25, -0.2) is 0 Å². The van der Waals surface area contributed by atoms with E-state index in [1.807, 2.05) is 23.6 Å². The second-order valence-electron chi connectivity index (χ2n) is 6.38. The van der Waals surface area contributed by atoms with Crippen LogP contribution in [0.15, 0.2) is 58.4 Å². The molecule has 6 heteroatoms. The molecule has 5 nitrogen and oxygen atoms in total. The van der Waals surface area contributed by atoms with Gasteiger partial charge in [-0.1, -0.05) is 53.7 Å². The van der Waals surface area contributed by atoms with Crippen molar-refractivity contribution in [1.82, 2.24) is 19.9 Å². The van der Waals surface area contributed by atoms with Crippen LogP contribution >= 0.6 is 11.3 Å². The van der Waals surface area contributed by atoms with E-state index in [0.717, 1.165) is 44.1 Å². The van der Waals surface area contributed by atoms with Crippen molar-refractivity contribution in [1.29, 1.82) is 0 Å². The molecule has 1 fully saturated rings. The number of nitrogens with zero attached hydrogens (tertiary/aromatic N) is 4. The second kappa shape index (κ2) is 8.40. The molecule has 3 heterocycles. The molecule has 1 aliphatic rings. The molecule has 0 unspecified atom stereocenters. The number of hydrogen-bond donors (Lipinski definition) is 0. The van der Waals surface area contributed by atoms with Crippen LogP contribution in [0.2, 0.25) is 0 Å². The minimum atomic E-state index is 0.694. The van der Waals surface area contributed by atoms with Crippen molar-refractivity contribution in [2.75, 3.05) is 32.7 Å². The third-order valence-electron chi connectivity index (χ3n) is 4.51. The predicted molar refractivity (Wildman–Crippen MR) is 105 cm³/mol. The van der Waals surface area contributed by atoms with E-state index in [2.05, 4.69) is 56.4 Å². The van der Waals surface area contributed by atoms with Crippen LogP contribution in [-0.2, 0) is 6.54 Å². The molecule has 1 aliphatic heterocycles. The van der Waals surface area contributed by atoms with Gasteiger partial charge in [0.2, 0.25) is 11.7 Å². The first-order chi connectivity index (χ1) is 12.9. The van der Waals surface area contributed by atoms with Crippen LogP contribution in [0.4, 0.5) is 0 Å². The van der Waals surface area contributed by atoms with Crippen LogP contribution < -0.4 is 0 Å². The minimum absolute atomic E-state index is 0.694. The number of benzene rings is 1. The predicted octanol–water partition coefficient (Wildman–Crippen LogP) is 3.63. The first kappa shape index (κ1) is 17.1. The minimum Gasteiger partial charge on any atom is -0.338 e. The van der Waals surface area contributed by atoms with E-state index in [-0.39, 0.29) is 0 Å². The SMILES string of the molecule is C(=Cc1ccccc1)CN1CCN(Cc2nc(-c3cccs3)no2)CC1. The smallest absolute Gasteiger partial charge is 0.241 e. The fraction of sp³-hybridized carbons (Fsp3) is 0.300. The Morgan fingerprint density at radius 1 is 1.00 bits per heavy atom. The van der Waals surface area contributed by atoms with Gasteiger partial charge in [0.25, 0.3) is 0 Å².